The van der Waals surface area contributed by atoms with Crippen LogP contribution in [0.4, 0.5) is 0 Å². The second kappa shape index (κ2) is 20.7. The summed E-state index contributed by atoms with van der Waals surface area (Å²) in [7, 11) is 0.856. The lowest BCUT2D eigenvalue weighted by atomic mass is 9.96. The fourth-order valence-electron chi connectivity index (χ4n) is 6.08. The molecule has 0 aliphatic heterocycles. The standard InChI is InChI=1S/C40H58Si/c1-4-5-6-7-8-9-10-11-12-13-14-15-16-17-18-19-20-21-22-35-23-25-36(26-24-35)37-27-29-38(30-28-37)40-32-31-39(41-3)33-34(40)2/h23-33H,4-22H2,1-3H3. The van der Waals surface area contributed by atoms with E-state index < -0.39 is 0 Å². The van der Waals surface area contributed by atoms with E-state index >= 15 is 0 Å². The van der Waals surface area contributed by atoms with Gasteiger partial charge in [0, 0.05) is 0 Å². The average Bonchev–Trinajstić information content (AvgIpc) is 3.01. The van der Waals surface area contributed by atoms with Crippen molar-refractivity contribution in [2.45, 2.75) is 142 Å². The Morgan fingerprint density at radius 3 is 1.32 bits per heavy atom. The second-order valence-corrected chi connectivity index (χ2v) is 13.4. The molecule has 1 heteroatoms. The summed E-state index contributed by atoms with van der Waals surface area (Å²) in [5, 5.41) is 1.44. The van der Waals surface area contributed by atoms with Gasteiger partial charge < -0.3 is 0 Å². The Hall–Kier alpha value is -2.12. The SMILES string of the molecule is CCCCCCCCCCCCCCCCCCCCc1ccc(-c2ccc(-c3ccc([Si]C)cc3C)cc2)cc1. The number of aryl methyl sites for hydroxylation is 2. The average molecular weight is 567 g/mol. The minimum atomic E-state index is 0.856. The predicted octanol–water partition coefficient (Wildman–Crippen LogP) is 12.3. The van der Waals surface area contributed by atoms with Crippen molar-refractivity contribution in [3.63, 3.8) is 0 Å². The van der Waals surface area contributed by atoms with Crippen molar-refractivity contribution in [2.24, 2.45) is 0 Å². The first kappa shape index (κ1) is 33.4. The van der Waals surface area contributed by atoms with Gasteiger partial charge in [-0.15, -0.1) is 0 Å². The fraction of sp³-hybridized carbons (Fsp3) is 0.550. The van der Waals surface area contributed by atoms with Crippen molar-refractivity contribution >= 4 is 14.7 Å². The van der Waals surface area contributed by atoms with E-state index in [0.29, 0.717) is 0 Å². The summed E-state index contributed by atoms with van der Waals surface area (Å²) in [5.74, 6) is 0. The molecule has 0 saturated heterocycles. The highest BCUT2D eigenvalue weighted by Gasteiger charge is 2.05. The van der Waals surface area contributed by atoms with Crippen molar-refractivity contribution in [1.29, 1.82) is 0 Å². The molecule has 0 nitrogen and oxygen atoms in total. The highest BCUT2D eigenvalue weighted by molar-refractivity contribution is 6.51. The normalized spacial score (nSPS) is 11.3. The van der Waals surface area contributed by atoms with Crippen molar-refractivity contribution in [3.05, 3.63) is 77.9 Å². The molecule has 0 atom stereocenters. The summed E-state index contributed by atoms with van der Waals surface area (Å²) in [6, 6.07) is 25.3. The van der Waals surface area contributed by atoms with Crippen LogP contribution in [0.5, 0.6) is 0 Å². The molecular weight excluding hydrogens is 509 g/mol. The highest BCUT2D eigenvalue weighted by atomic mass is 28.2. The van der Waals surface area contributed by atoms with Gasteiger partial charge in [0.05, 0.1) is 9.52 Å². The van der Waals surface area contributed by atoms with Crippen LogP contribution < -0.4 is 5.19 Å². The molecule has 3 aromatic rings. The van der Waals surface area contributed by atoms with Crippen molar-refractivity contribution in [1.82, 2.24) is 0 Å². The molecule has 0 unspecified atom stereocenters. The van der Waals surface area contributed by atoms with Gasteiger partial charge in [-0.05, 0) is 53.1 Å². The molecule has 2 radical (unpaired) electrons. The van der Waals surface area contributed by atoms with Gasteiger partial charge >= 0.3 is 0 Å². The summed E-state index contributed by atoms with van der Waals surface area (Å²) < 4.78 is 0. The predicted molar refractivity (Wildman–Crippen MR) is 186 cm³/mol. The van der Waals surface area contributed by atoms with E-state index in [9.17, 15) is 0 Å². The smallest absolute Gasteiger partial charge is 0.0688 e. The number of hydrogen-bond donors (Lipinski definition) is 0. The Balaban J connectivity index is 1.20. The third kappa shape index (κ3) is 13.2. The van der Waals surface area contributed by atoms with Gasteiger partial charge in [0.25, 0.3) is 0 Å². The van der Waals surface area contributed by atoms with Crippen molar-refractivity contribution < 1.29 is 0 Å². The third-order valence-electron chi connectivity index (χ3n) is 8.82. The van der Waals surface area contributed by atoms with Crippen LogP contribution in [0.15, 0.2) is 66.7 Å². The first-order valence-corrected chi connectivity index (χ1v) is 18.7. The van der Waals surface area contributed by atoms with Gasteiger partial charge in [-0.3, -0.25) is 0 Å². The van der Waals surface area contributed by atoms with Crippen LogP contribution in [0, 0.1) is 6.92 Å². The summed E-state index contributed by atoms with van der Waals surface area (Å²) in [5.41, 5.74) is 8.12. The van der Waals surface area contributed by atoms with Crippen LogP contribution in [-0.4, -0.2) is 9.52 Å². The van der Waals surface area contributed by atoms with Crippen LogP contribution in [0.2, 0.25) is 6.55 Å². The van der Waals surface area contributed by atoms with E-state index in [1.54, 1.807) is 0 Å². The van der Waals surface area contributed by atoms with E-state index in [1.807, 2.05) is 0 Å². The maximum atomic E-state index is 2.34. The Morgan fingerprint density at radius 2 is 0.878 bits per heavy atom. The molecule has 0 bridgehead atoms. The van der Waals surface area contributed by atoms with E-state index in [4.69, 9.17) is 0 Å². The monoisotopic (exact) mass is 566 g/mol. The molecule has 0 aromatic heterocycles. The molecule has 0 saturated carbocycles. The van der Waals surface area contributed by atoms with Crippen molar-refractivity contribution in [2.75, 3.05) is 0 Å². The number of hydrogen-bond acceptors (Lipinski definition) is 0. The number of benzene rings is 3. The van der Waals surface area contributed by atoms with Gasteiger partial charge in [-0.25, -0.2) is 0 Å². The quantitative estimate of drug-likeness (QED) is 0.0838. The summed E-state index contributed by atoms with van der Waals surface area (Å²) in [6.45, 7) is 6.78. The first-order valence-electron chi connectivity index (χ1n) is 17.2. The Morgan fingerprint density at radius 1 is 0.463 bits per heavy atom. The Labute approximate surface area is 256 Å². The Bertz CT molecular complexity index is 1060. The maximum absolute atomic E-state index is 2.34. The lowest BCUT2D eigenvalue weighted by molar-refractivity contribution is 0.525. The summed E-state index contributed by atoms with van der Waals surface area (Å²) in [4.78, 5) is 0. The topological polar surface area (TPSA) is 0 Å². The van der Waals surface area contributed by atoms with E-state index in [0.717, 1.165) is 9.52 Å². The minimum absolute atomic E-state index is 0.856. The van der Waals surface area contributed by atoms with Gasteiger partial charge in [0.2, 0.25) is 0 Å². The maximum Gasteiger partial charge on any atom is 0.0773 e. The van der Waals surface area contributed by atoms with Gasteiger partial charge in [0.1, 0.15) is 0 Å². The highest BCUT2D eigenvalue weighted by Crippen LogP contribution is 2.27. The number of unbranched alkanes of at least 4 members (excludes halogenated alkanes) is 17. The van der Waals surface area contributed by atoms with Crippen molar-refractivity contribution in [3.8, 4) is 22.3 Å². The minimum Gasteiger partial charge on any atom is -0.0688 e. The molecule has 0 amide bonds. The first-order chi connectivity index (χ1) is 20.2. The fourth-order valence-corrected chi connectivity index (χ4v) is 6.69. The zero-order valence-corrected chi connectivity index (χ0v) is 27.8. The Kier molecular flexibility index (Phi) is 16.9. The van der Waals surface area contributed by atoms with Crippen LogP contribution in [0.1, 0.15) is 134 Å². The molecule has 41 heavy (non-hydrogen) atoms. The molecule has 3 aromatic carbocycles. The summed E-state index contributed by atoms with van der Waals surface area (Å²) >= 11 is 0. The van der Waals surface area contributed by atoms with Crippen LogP contribution in [-0.2, 0) is 6.42 Å². The number of rotatable bonds is 22. The molecule has 0 aliphatic carbocycles. The molecule has 0 N–H and O–H groups in total. The molecule has 0 heterocycles. The largest absolute Gasteiger partial charge is 0.0773 e. The zero-order valence-electron chi connectivity index (χ0n) is 26.8. The molecule has 0 aliphatic rings. The van der Waals surface area contributed by atoms with Crippen LogP contribution >= 0.6 is 0 Å². The summed E-state index contributed by atoms with van der Waals surface area (Å²) in [6.07, 6.45) is 27.1. The van der Waals surface area contributed by atoms with Gasteiger partial charge in [-0.1, -0.05) is 195 Å². The lowest BCUT2D eigenvalue weighted by Crippen LogP contribution is -2.10. The lowest BCUT2D eigenvalue weighted by Gasteiger charge is -2.10. The van der Waals surface area contributed by atoms with E-state index in [2.05, 4.69) is 87.1 Å². The van der Waals surface area contributed by atoms with Crippen LogP contribution in [0.25, 0.3) is 22.3 Å². The van der Waals surface area contributed by atoms with E-state index in [-0.39, 0.29) is 0 Å². The molecular formula is C40H58Si. The zero-order chi connectivity index (χ0) is 29.0. The molecule has 0 spiro atoms. The van der Waals surface area contributed by atoms with Gasteiger partial charge in [-0.2, -0.15) is 0 Å². The molecule has 3 rings (SSSR count). The van der Waals surface area contributed by atoms with E-state index in [1.165, 1.54) is 161 Å². The third-order valence-corrected chi connectivity index (χ3v) is 9.71. The molecule has 222 valence electrons. The van der Waals surface area contributed by atoms with Crippen LogP contribution in [0.3, 0.4) is 0 Å². The molecule has 0 fully saturated rings. The van der Waals surface area contributed by atoms with Gasteiger partial charge in [0.15, 0.2) is 0 Å². The second-order valence-electron chi connectivity index (χ2n) is 12.3.